The number of hydrogen-bond acceptors (Lipinski definition) is 4. The highest BCUT2D eigenvalue weighted by Crippen LogP contribution is 2.24. The summed E-state index contributed by atoms with van der Waals surface area (Å²) < 4.78 is 0. The van der Waals surface area contributed by atoms with Crippen LogP contribution in [0.15, 0.2) is 36.4 Å². The summed E-state index contributed by atoms with van der Waals surface area (Å²) in [5, 5.41) is 3.42. The van der Waals surface area contributed by atoms with E-state index < -0.39 is 0 Å². The Hall–Kier alpha value is -2.10. The van der Waals surface area contributed by atoms with E-state index in [1.54, 1.807) is 0 Å². The van der Waals surface area contributed by atoms with E-state index in [2.05, 4.69) is 60.0 Å². The quantitative estimate of drug-likeness (QED) is 0.915. The van der Waals surface area contributed by atoms with Crippen LogP contribution >= 0.6 is 0 Å². The maximum atomic E-state index is 4.67. The molecule has 0 saturated heterocycles. The fourth-order valence-electron chi connectivity index (χ4n) is 2.17. The zero-order valence-electron chi connectivity index (χ0n) is 13.5. The Bertz CT molecular complexity index is 587. The summed E-state index contributed by atoms with van der Waals surface area (Å²) in [5.41, 5.74) is 2.04. The van der Waals surface area contributed by atoms with Gasteiger partial charge in [0.2, 0.25) is 5.95 Å². The third kappa shape index (κ3) is 4.18. The number of rotatable bonds is 4. The van der Waals surface area contributed by atoms with Crippen molar-refractivity contribution < 1.29 is 0 Å². The standard InChI is InChI=1S/C17H24N4/c1-6-21(14-10-8-7-9-11-14)16-18-13(2)12-15(19-16)20-17(3,4)5/h7-12H,6H2,1-5H3,(H,18,19,20). The summed E-state index contributed by atoms with van der Waals surface area (Å²) in [6.45, 7) is 11.3. The Morgan fingerprint density at radius 1 is 1.10 bits per heavy atom. The summed E-state index contributed by atoms with van der Waals surface area (Å²) >= 11 is 0. The van der Waals surface area contributed by atoms with Gasteiger partial charge in [-0.3, -0.25) is 0 Å². The summed E-state index contributed by atoms with van der Waals surface area (Å²) in [7, 11) is 0. The van der Waals surface area contributed by atoms with E-state index in [-0.39, 0.29) is 5.54 Å². The highest BCUT2D eigenvalue weighted by Gasteiger charge is 2.15. The second kappa shape index (κ2) is 6.12. The first-order chi connectivity index (χ1) is 9.89. The van der Waals surface area contributed by atoms with Gasteiger partial charge in [0.1, 0.15) is 5.82 Å². The average Bonchev–Trinajstić information content (AvgIpc) is 2.38. The maximum absolute atomic E-state index is 4.67. The lowest BCUT2D eigenvalue weighted by Crippen LogP contribution is -2.27. The second-order valence-corrected chi connectivity index (χ2v) is 6.15. The van der Waals surface area contributed by atoms with E-state index in [1.807, 2.05) is 31.2 Å². The van der Waals surface area contributed by atoms with E-state index in [0.29, 0.717) is 0 Å². The van der Waals surface area contributed by atoms with Crippen molar-refractivity contribution in [2.75, 3.05) is 16.8 Å². The van der Waals surface area contributed by atoms with Crippen LogP contribution in [0.3, 0.4) is 0 Å². The first-order valence-corrected chi connectivity index (χ1v) is 7.35. The van der Waals surface area contributed by atoms with E-state index in [9.17, 15) is 0 Å². The highest BCUT2D eigenvalue weighted by atomic mass is 15.3. The first-order valence-electron chi connectivity index (χ1n) is 7.35. The minimum absolute atomic E-state index is 0.0259. The number of aryl methyl sites for hydroxylation is 1. The van der Waals surface area contributed by atoms with E-state index in [1.165, 1.54) is 0 Å². The predicted octanol–water partition coefficient (Wildman–Crippen LogP) is 4.15. The number of hydrogen-bond donors (Lipinski definition) is 1. The molecular weight excluding hydrogens is 260 g/mol. The van der Waals surface area contributed by atoms with Gasteiger partial charge in [-0.25, -0.2) is 4.98 Å². The zero-order chi connectivity index (χ0) is 15.5. The SMILES string of the molecule is CCN(c1ccccc1)c1nc(C)cc(NC(C)(C)C)n1. The third-order valence-corrected chi connectivity index (χ3v) is 2.97. The van der Waals surface area contributed by atoms with Crippen LogP contribution in [0.1, 0.15) is 33.4 Å². The minimum Gasteiger partial charge on any atom is -0.365 e. The molecule has 1 aromatic carbocycles. The molecule has 112 valence electrons. The van der Waals surface area contributed by atoms with Crippen molar-refractivity contribution in [1.82, 2.24) is 9.97 Å². The molecule has 1 heterocycles. The smallest absolute Gasteiger partial charge is 0.232 e. The van der Waals surface area contributed by atoms with Gasteiger partial charge < -0.3 is 10.2 Å². The van der Waals surface area contributed by atoms with Crippen LogP contribution in [0.2, 0.25) is 0 Å². The molecule has 0 saturated carbocycles. The molecule has 4 nitrogen and oxygen atoms in total. The van der Waals surface area contributed by atoms with Crippen LogP contribution in [-0.4, -0.2) is 22.1 Å². The topological polar surface area (TPSA) is 41.1 Å². The van der Waals surface area contributed by atoms with Crippen LogP contribution in [0.5, 0.6) is 0 Å². The number of aromatic nitrogens is 2. The maximum Gasteiger partial charge on any atom is 0.232 e. The number of nitrogens with zero attached hydrogens (tertiary/aromatic N) is 3. The molecule has 0 aliphatic heterocycles. The Kier molecular flexibility index (Phi) is 4.46. The van der Waals surface area contributed by atoms with Crippen molar-refractivity contribution >= 4 is 17.5 Å². The molecule has 2 aromatic rings. The summed E-state index contributed by atoms with van der Waals surface area (Å²) in [5.74, 6) is 1.59. The normalized spacial score (nSPS) is 11.3. The van der Waals surface area contributed by atoms with Crippen molar-refractivity contribution in [2.24, 2.45) is 0 Å². The lowest BCUT2D eigenvalue weighted by Gasteiger charge is -2.25. The molecular formula is C17H24N4. The molecule has 0 aliphatic carbocycles. The molecule has 1 N–H and O–H groups in total. The summed E-state index contributed by atoms with van der Waals surface area (Å²) in [6, 6.07) is 12.2. The molecule has 2 rings (SSSR count). The van der Waals surface area contributed by atoms with Gasteiger partial charge >= 0.3 is 0 Å². The Morgan fingerprint density at radius 2 is 1.76 bits per heavy atom. The van der Waals surface area contributed by atoms with Gasteiger partial charge in [0, 0.05) is 29.5 Å². The van der Waals surface area contributed by atoms with Gasteiger partial charge in [-0.05, 0) is 46.8 Å². The molecule has 0 unspecified atom stereocenters. The van der Waals surface area contributed by atoms with Crippen molar-refractivity contribution in [3.63, 3.8) is 0 Å². The van der Waals surface area contributed by atoms with Gasteiger partial charge in [-0.1, -0.05) is 18.2 Å². The molecule has 0 aliphatic rings. The van der Waals surface area contributed by atoms with E-state index in [0.717, 1.165) is 29.7 Å². The third-order valence-electron chi connectivity index (χ3n) is 2.97. The zero-order valence-corrected chi connectivity index (χ0v) is 13.5. The lowest BCUT2D eigenvalue weighted by molar-refractivity contribution is 0.629. The molecule has 0 atom stereocenters. The highest BCUT2D eigenvalue weighted by molar-refractivity contribution is 5.58. The predicted molar refractivity (Wildman–Crippen MR) is 89.3 cm³/mol. The van der Waals surface area contributed by atoms with Gasteiger partial charge in [0.15, 0.2) is 0 Å². The minimum atomic E-state index is -0.0259. The van der Waals surface area contributed by atoms with Crippen LogP contribution in [-0.2, 0) is 0 Å². The summed E-state index contributed by atoms with van der Waals surface area (Å²) in [4.78, 5) is 11.4. The lowest BCUT2D eigenvalue weighted by atomic mass is 10.1. The molecule has 0 bridgehead atoms. The van der Waals surface area contributed by atoms with E-state index in [4.69, 9.17) is 0 Å². The molecule has 1 aromatic heterocycles. The van der Waals surface area contributed by atoms with Gasteiger partial charge in [-0.2, -0.15) is 4.98 Å². The van der Waals surface area contributed by atoms with Crippen LogP contribution in [0.4, 0.5) is 17.5 Å². The van der Waals surface area contributed by atoms with Gasteiger partial charge in [-0.15, -0.1) is 0 Å². The number of benzene rings is 1. The molecule has 0 fully saturated rings. The average molecular weight is 284 g/mol. The monoisotopic (exact) mass is 284 g/mol. The van der Waals surface area contributed by atoms with Gasteiger partial charge in [0.05, 0.1) is 0 Å². The van der Waals surface area contributed by atoms with Crippen LogP contribution < -0.4 is 10.2 Å². The molecule has 0 spiro atoms. The fraction of sp³-hybridized carbons (Fsp3) is 0.412. The number of anilines is 3. The van der Waals surface area contributed by atoms with Crippen molar-refractivity contribution in [3.05, 3.63) is 42.1 Å². The fourth-order valence-corrected chi connectivity index (χ4v) is 2.17. The Morgan fingerprint density at radius 3 is 2.33 bits per heavy atom. The first kappa shape index (κ1) is 15.3. The molecule has 0 amide bonds. The largest absolute Gasteiger partial charge is 0.365 e. The van der Waals surface area contributed by atoms with Crippen molar-refractivity contribution in [3.8, 4) is 0 Å². The Balaban J connectivity index is 2.38. The molecule has 21 heavy (non-hydrogen) atoms. The summed E-state index contributed by atoms with van der Waals surface area (Å²) in [6.07, 6.45) is 0. The number of nitrogens with one attached hydrogen (secondary N) is 1. The van der Waals surface area contributed by atoms with Gasteiger partial charge in [0.25, 0.3) is 0 Å². The molecule has 0 radical (unpaired) electrons. The van der Waals surface area contributed by atoms with Crippen molar-refractivity contribution in [2.45, 2.75) is 40.2 Å². The van der Waals surface area contributed by atoms with E-state index >= 15 is 0 Å². The van der Waals surface area contributed by atoms with Crippen LogP contribution in [0.25, 0.3) is 0 Å². The Labute approximate surface area is 127 Å². The van der Waals surface area contributed by atoms with Crippen LogP contribution in [0, 0.1) is 6.92 Å². The number of para-hydroxylation sites is 1. The molecule has 4 heteroatoms. The van der Waals surface area contributed by atoms with Crippen molar-refractivity contribution in [1.29, 1.82) is 0 Å². The second-order valence-electron chi connectivity index (χ2n) is 6.15.